The minimum atomic E-state index is -1.34. The Hall–Kier alpha value is -4.26. The first-order chi connectivity index (χ1) is 23.2. The van der Waals surface area contributed by atoms with Gasteiger partial charge in [-0.3, -0.25) is 29.0 Å². The molecule has 18 heteroatoms. The van der Waals surface area contributed by atoms with Crippen LogP contribution in [0.15, 0.2) is 69.4 Å². The molecular weight excluding hydrogens is 719 g/mol. The third-order valence-corrected chi connectivity index (χ3v) is 9.04. The van der Waals surface area contributed by atoms with Crippen LogP contribution in [0.3, 0.4) is 0 Å². The lowest BCUT2D eigenvalue weighted by Gasteiger charge is -2.19. The van der Waals surface area contributed by atoms with E-state index >= 15 is 4.39 Å². The summed E-state index contributed by atoms with van der Waals surface area (Å²) in [7, 11) is 0. The number of thioether (sulfide) groups is 1. The van der Waals surface area contributed by atoms with Gasteiger partial charge in [-0.05, 0) is 30.7 Å². The van der Waals surface area contributed by atoms with E-state index in [1.807, 2.05) is 30.3 Å². The summed E-state index contributed by atoms with van der Waals surface area (Å²) in [6.45, 7) is -0.745. The maximum Gasteiger partial charge on any atom is 0.322 e. The Morgan fingerprint density at radius 2 is 1.72 bits per heavy atom. The van der Waals surface area contributed by atoms with E-state index in [2.05, 4.69) is 15.6 Å². The van der Waals surface area contributed by atoms with Crippen molar-refractivity contribution in [2.45, 2.75) is 64.7 Å². The Bertz CT molecular complexity index is 1700. The van der Waals surface area contributed by atoms with Gasteiger partial charge < -0.3 is 41.9 Å². The first-order valence-electron chi connectivity index (χ1n) is 14.7. The highest BCUT2D eigenvalue weighted by Gasteiger charge is 2.24. The molecule has 50 heavy (non-hydrogen) atoms. The van der Waals surface area contributed by atoms with Gasteiger partial charge in [0.2, 0.25) is 11.8 Å². The van der Waals surface area contributed by atoms with E-state index in [1.165, 1.54) is 36.2 Å². The molecule has 2 amide bonds. The van der Waals surface area contributed by atoms with Crippen LogP contribution >= 0.6 is 35.9 Å². The number of carbonyl (C=O) groups excluding carboxylic acids is 2. The molecule has 0 bridgehead atoms. The summed E-state index contributed by atoms with van der Waals surface area (Å²) >= 11 is 2.18. The van der Waals surface area contributed by atoms with E-state index < -0.39 is 72.8 Å². The number of aromatic nitrogens is 1. The van der Waals surface area contributed by atoms with Crippen LogP contribution in [-0.4, -0.2) is 96.8 Å². The molecule has 2 aromatic carbocycles. The number of carboxylic acid groups (broad SMARTS) is 3. The topological polar surface area (TPSA) is 249 Å². The number of hydrogen-bond acceptors (Lipinski definition) is 11. The Morgan fingerprint density at radius 3 is 2.36 bits per heavy atom. The van der Waals surface area contributed by atoms with Gasteiger partial charge >= 0.3 is 17.9 Å². The van der Waals surface area contributed by atoms with Gasteiger partial charge in [0, 0.05) is 45.5 Å². The maximum absolute atomic E-state index is 15.5. The Kier molecular flexibility index (Phi) is 17.1. The van der Waals surface area contributed by atoms with Crippen LogP contribution in [0.25, 0.3) is 17.0 Å². The van der Waals surface area contributed by atoms with Crippen molar-refractivity contribution in [3.05, 3.63) is 66.1 Å². The van der Waals surface area contributed by atoms with Crippen molar-refractivity contribution in [1.29, 1.82) is 0 Å². The number of amides is 2. The predicted octanol–water partition coefficient (Wildman–Crippen LogP) is 2.52. The number of benzene rings is 2. The maximum atomic E-state index is 15.5. The van der Waals surface area contributed by atoms with Crippen LogP contribution in [0, 0.1) is 5.82 Å². The average molecular weight is 755 g/mol. The first-order valence-corrected chi connectivity index (χ1v) is 16.5. The molecule has 1 heterocycles. The highest BCUT2D eigenvalue weighted by atomic mass is 35.5. The van der Waals surface area contributed by atoms with Crippen molar-refractivity contribution >= 4 is 82.6 Å². The second-order valence-corrected chi connectivity index (χ2v) is 12.8. The number of fused-ring (bicyclic) bond motifs is 1. The van der Waals surface area contributed by atoms with Gasteiger partial charge in [-0.25, -0.2) is 4.39 Å². The summed E-state index contributed by atoms with van der Waals surface area (Å²) in [5.41, 5.74) is 6.19. The fraction of sp³-hybridized carbons (Fsp3) is 0.312. The van der Waals surface area contributed by atoms with Crippen molar-refractivity contribution in [3.8, 4) is 0 Å². The Balaban J connectivity index is 0.00000867. The molecule has 3 aromatic rings. The standard InChI is InChI=1S/C32H35FN4O10S2.ClH/c33-22-12-21-24(13-26(22)49-20-4-2-1-3-5-20)35-14-17(6-7-18(38)10-19(39)11-28(41)42)30(21)48-16-25(31(45)36-15-29(43)44)37-27(40)9-8-23(34)32(46)47;/h1-7,12-14,18-19,23,25,38-39H,8-11,15-16,34H2,(H,36,45)(H,37,40)(H,41,42)(H,43,44)(H,46,47);1H/b7-6+;/t18-,19-,23+,25+;/m1./s1. The van der Waals surface area contributed by atoms with E-state index in [1.54, 1.807) is 6.07 Å². The van der Waals surface area contributed by atoms with Gasteiger partial charge in [0.25, 0.3) is 0 Å². The quantitative estimate of drug-likeness (QED) is 0.0820. The molecule has 1 aromatic heterocycles. The zero-order valence-electron chi connectivity index (χ0n) is 26.2. The number of nitrogens with two attached hydrogens (primary N) is 1. The lowest BCUT2D eigenvalue weighted by Crippen LogP contribution is -2.49. The van der Waals surface area contributed by atoms with Crippen molar-refractivity contribution < 1.29 is 53.9 Å². The van der Waals surface area contributed by atoms with Crippen molar-refractivity contribution in [1.82, 2.24) is 15.6 Å². The lowest BCUT2D eigenvalue weighted by atomic mass is 10.1. The van der Waals surface area contributed by atoms with Gasteiger partial charge in [-0.2, -0.15) is 0 Å². The average Bonchev–Trinajstić information content (AvgIpc) is 3.04. The zero-order chi connectivity index (χ0) is 36.1. The minimum Gasteiger partial charge on any atom is -0.481 e. The molecule has 0 saturated carbocycles. The SMILES string of the molecule is Cl.N[C@@H](CCC(=O)N[C@@H](CSc1c(/C=C/[C@@H](O)C[C@@H](O)CC(=O)O)cnc2cc(Sc3ccccc3)c(F)cc12)C(=O)NCC(=O)O)C(=O)O. The molecule has 0 radical (unpaired) electrons. The molecule has 4 atom stereocenters. The number of carboxylic acids is 3. The molecule has 14 nitrogen and oxygen atoms in total. The van der Waals surface area contributed by atoms with Crippen LogP contribution in [0.4, 0.5) is 4.39 Å². The highest BCUT2D eigenvalue weighted by molar-refractivity contribution is 7.99. The predicted molar refractivity (Wildman–Crippen MR) is 186 cm³/mol. The molecule has 0 unspecified atom stereocenters. The van der Waals surface area contributed by atoms with Crippen molar-refractivity contribution in [2.24, 2.45) is 5.73 Å². The number of halogens is 2. The Morgan fingerprint density at radius 1 is 1.02 bits per heavy atom. The number of pyridine rings is 1. The second-order valence-electron chi connectivity index (χ2n) is 10.7. The highest BCUT2D eigenvalue weighted by Crippen LogP contribution is 2.37. The normalized spacial score (nSPS) is 13.5. The van der Waals surface area contributed by atoms with Crippen LogP contribution in [0.1, 0.15) is 31.2 Å². The second kappa shape index (κ2) is 20.4. The van der Waals surface area contributed by atoms with Gasteiger partial charge in [0.05, 0.1) is 29.0 Å². The number of aliphatic hydroxyl groups is 2. The van der Waals surface area contributed by atoms with E-state index in [9.17, 15) is 34.2 Å². The van der Waals surface area contributed by atoms with E-state index in [0.717, 1.165) is 16.7 Å². The number of aliphatic hydroxyl groups excluding tert-OH is 2. The largest absolute Gasteiger partial charge is 0.481 e. The number of hydrogen-bond donors (Lipinski definition) is 8. The number of rotatable bonds is 19. The molecule has 0 aliphatic carbocycles. The lowest BCUT2D eigenvalue weighted by molar-refractivity contribution is -0.140. The molecule has 0 spiro atoms. The summed E-state index contributed by atoms with van der Waals surface area (Å²) in [4.78, 5) is 64.5. The number of nitrogens with one attached hydrogen (secondary N) is 2. The molecular formula is C32H36ClFN4O10S2. The third kappa shape index (κ3) is 13.6. The van der Waals surface area contributed by atoms with Gasteiger partial charge in [0.15, 0.2) is 0 Å². The van der Waals surface area contributed by atoms with Crippen molar-refractivity contribution in [3.63, 3.8) is 0 Å². The Labute approximate surface area is 300 Å². The van der Waals surface area contributed by atoms with Crippen LogP contribution in [0.2, 0.25) is 0 Å². The molecule has 3 rings (SSSR count). The number of nitrogens with zero attached hydrogens (tertiary/aromatic N) is 1. The summed E-state index contributed by atoms with van der Waals surface area (Å²) in [6.07, 6.45) is 0.127. The van der Waals surface area contributed by atoms with Crippen molar-refractivity contribution in [2.75, 3.05) is 12.3 Å². The number of aliphatic carboxylic acids is 3. The molecule has 0 aliphatic heterocycles. The summed E-state index contributed by atoms with van der Waals surface area (Å²) in [6, 6.07) is 9.23. The fourth-order valence-electron chi connectivity index (χ4n) is 4.33. The molecule has 9 N–H and O–H groups in total. The first kappa shape index (κ1) is 41.9. The minimum absolute atomic E-state index is 0. The molecule has 0 saturated heterocycles. The van der Waals surface area contributed by atoms with E-state index in [0.29, 0.717) is 21.4 Å². The summed E-state index contributed by atoms with van der Waals surface area (Å²) < 4.78 is 15.5. The van der Waals surface area contributed by atoms with Gasteiger partial charge in [-0.15, -0.1) is 24.2 Å². The van der Waals surface area contributed by atoms with Gasteiger partial charge in [0.1, 0.15) is 24.4 Å². The molecule has 0 fully saturated rings. The number of carbonyl (C=O) groups is 5. The molecule has 0 aliphatic rings. The van der Waals surface area contributed by atoms with Crippen LogP contribution in [-0.2, 0) is 24.0 Å². The fourth-order valence-corrected chi connectivity index (χ4v) is 6.38. The van der Waals surface area contributed by atoms with E-state index in [4.69, 9.17) is 21.1 Å². The summed E-state index contributed by atoms with van der Waals surface area (Å²) in [5.74, 6) is -6.25. The third-order valence-electron chi connectivity index (χ3n) is 6.75. The van der Waals surface area contributed by atoms with E-state index in [-0.39, 0.29) is 42.3 Å². The van der Waals surface area contributed by atoms with Gasteiger partial charge in [-0.1, -0.05) is 42.1 Å². The zero-order valence-corrected chi connectivity index (χ0v) is 28.7. The smallest absolute Gasteiger partial charge is 0.322 e. The van der Waals surface area contributed by atoms with Crippen LogP contribution < -0.4 is 16.4 Å². The summed E-state index contributed by atoms with van der Waals surface area (Å²) in [5, 5.41) is 52.2. The molecule has 270 valence electrons. The monoisotopic (exact) mass is 754 g/mol. The van der Waals surface area contributed by atoms with Crippen LogP contribution in [0.5, 0.6) is 0 Å².